The number of aliphatic hydroxyl groups excluding tert-OH is 1. The van der Waals surface area contributed by atoms with Gasteiger partial charge >= 0.3 is 5.97 Å². The SMILES string of the molecule is C[C@@H]1C[C@H](CN(CC(=O)O)S(C)(=O)=O)O[C@H]2[C@H]1[C@@]1(C)CC[C@@]34C[C@@]35CC[C@H](O[C@H]3CN(C(=O)CC6CC6)CCO3)C(C)(C)[C@@H]5CC[C@H]4[C@]1(C)[C@H]2O. The minimum Gasteiger partial charge on any atom is -0.480 e. The molecule has 0 aromatic rings. The molecule has 8 aliphatic rings. The predicted octanol–water partition coefficient (Wildman–Crippen LogP) is 4.52. The van der Waals surface area contributed by atoms with Crippen molar-refractivity contribution in [3.63, 3.8) is 0 Å². The van der Waals surface area contributed by atoms with E-state index in [4.69, 9.17) is 14.2 Å². The smallest absolute Gasteiger partial charge is 0.318 e. The molecular formula is C39H62N2O9S. The van der Waals surface area contributed by atoms with Crippen LogP contribution in [0.4, 0.5) is 0 Å². The van der Waals surface area contributed by atoms with Gasteiger partial charge in [0.05, 0.1) is 43.8 Å². The van der Waals surface area contributed by atoms with Gasteiger partial charge in [0.1, 0.15) is 6.54 Å². The molecule has 2 heterocycles. The molecule has 8 rings (SSSR count). The molecule has 2 spiro atoms. The Balaban J connectivity index is 0.990. The molecule has 12 heteroatoms. The van der Waals surface area contributed by atoms with Crippen molar-refractivity contribution < 1.29 is 42.4 Å². The number of carbonyl (C=O) groups excluding carboxylic acids is 1. The Labute approximate surface area is 304 Å². The van der Waals surface area contributed by atoms with Crippen LogP contribution in [0, 0.1) is 56.7 Å². The van der Waals surface area contributed by atoms with Crippen LogP contribution in [0.5, 0.6) is 0 Å². The average molecular weight is 735 g/mol. The lowest BCUT2D eigenvalue weighted by Crippen LogP contribution is -2.60. The maximum atomic E-state index is 12.9. The highest BCUT2D eigenvalue weighted by Gasteiger charge is 2.84. The number of nitrogens with zero attached hydrogens (tertiary/aromatic N) is 2. The predicted molar refractivity (Wildman–Crippen MR) is 189 cm³/mol. The maximum Gasteiger partial charge on any atom is 0.318 e. The normalized spacial score (nSPS) is 48.5. The van der Waals surface area contributed by atoms with Crippen LogP contribution in [-0.4, -0.2) is 109 Å². The topological polar surface area (TPSA) is 143 Å². The maximum absolute atomic E-state index is 12.9. The fourth-order valence-corrected chi connectivity index (χ4v) is 15.0. The fourth-order valence-electron chi connectivity index (χ4n) is 14.2. The second-order valence-electron chi connectivity index (χ2n) is 19.5. The fraction of sp³-hybridized carbons (Fsp3) is 0.949. The summed E-state index contributed by atoms with van der Waals surface area (Å²) in [4.78, 5) is 26.4. The van der Waals surface area contributed by atoms with Crippen molar-refractivity contribution in [3.8, 4) is 0 Å². The van der Waals surface area contributed by atoms with Crippen molar-refractivity contribution in [1.82, 2.24) is 9.21 Å². The van der Waals surface area contributed by atoms with Crippen LogP contribution in [0.1, 0.15) is 105 Å². The van der Waals surface area contributed by atoms with Gasteiger partial charge in [0.25, 0.3) is 0 Å². The Morgan fingerprint density at radius 3 is 2.39 bits per heavy atom. The lowest BCUT2D eigenvalue weighted by atomic mass is 9.41. The van der Waals surface area contributed by atoms with Crippen molar-refractivity contribution in [1.29, 1.82) is 0 Å². The van der Waals surface area contributed by atoms with E-state index in [0.29, 0.717) is 50.3 Å². The molecule has 1 amide bonds. The minimum atomic E-state index is -3.74. The van der Waals surface area contributed by atoms with Gasteiger partial charge in [0.2, 0.25) is 15.9 Å². The first-order valence-electron chi connectivity index (χ1n) is 19.9. The van der Waals surface area contributed by atoms with Gasteiger partial charge in [-0.2, -0.15) is 4.31 Å². The molecular weight excluding hydrogens is 673 g/mol. The Morgan fingerprint density at radius 2 is 1.71 bits per heavy atom. The lowest BCUT2D eigenvalue weighted by Gasteiger charge is -2.64. The number of amides is 1. The number of morpholine rings is 1. The van der Waals surface area contributed by atoms with E-state index >= 15 is 0 Å². The Morgan fingerprint density at radius 1 is 1.00 bits per heavy atom. The summed E-state index contributed by atoms with van der Waals surface area (Å²) in [6.45, 7) is 12.9. The molecule has 0 aromatic heterocycles. The van der Waals surface area contributed by atoms with Gasteiger partial charge in [-0.05, 0) is 115 Å². The van der Waals surface area contributed by atoms with Gasteiger partial charge in [-0.15, -0.1) is 0 Å². The van der Waals surface area contributed by atoms with E-state index in [1.165, 1.54) is 19.3 Å². The first kappa shape index (κ1) is 36.7. The summed E-state index contributed by atoms with van der Waals surface area (Å²) in [5, 5.41) is 21.9. The highest BCUT2D eigenvalue weighted by molar-refractivity contribution is 7.88. The van der Waals surface area contributed by atoms with Crippen LogP contribution in [0.25, 0.3) is 0 Å². The number of fused-ring (bicyclic) bond motifs is 4. The molecule has 13 atom stereocenters. The zero-order valence-corrected chi connectivity index (χ0v) is 32.5. The Kier molecular flexibility index (Phi) is 8.69. The third-order valence-electron chi connectivity index (χ3n) is 16.9. The molecule has 2 N–H and O–H groups in total. The van der Waals surface area contributed by atoms with Gasteiger partial charge < -0.3 is 29.3 Å². The van der Waals surface area contributed by atoms with Crippen molar-refractivity contribution >= 4 is 21.9 Å². The minimum absolute atomic E-state index is 0.0178. The number of rotatable bonds is 9. The van der Waals surface area contributed by atoms with Crippen LogP contribution < -0.4 is 0 Å². The van der Waals surface area contributed by atoms with Gasteiger partial charge in [-0.3, -0.25) is 9.59 Å². The first-order chi connectivity index (χ1) is 23.9. The Bertz CT molecular complexity index is 1540. The Hall–Kier alpha value is -1.31. The van der Waals surface area contributed by atoms with Gasteiger partial charge in [0, 0.05) is 24.9 Å². The van der Waals surface area contributed by atoms with Crippen LogP contribution >= 0.6 is 0 Å². The summed E-state index contributed by atoms with van der Waals surface area (Å²) in [5.41, 5.74) is -0.0983. The number of carboxylic acids is 1. The molecule has 0 aromatic carbocycles. The summed E-state index contributed by atoms with van der Waals surface area (Å²) >= 11 is 0. The standard InChI is InChI=1S/C39H62N2O9S/c1-23-17-25(19-41(20-30(43)44)51(6,46)47)49-33-32(23)36(4)13-14-39-22-38(39)12-11-28(35(2,3)26(38)9-10-27(39)37(36,5)34(33)45)50-31-21-40(15-16-48-31)29(42)18-24-7-8-24/h23-28,31-34,45H,7-22H2,1-6H3,(H,43,44)/t23-,25-,26+,27+,28+,31+,32+,33+,34+,36-,37-,38-,39+/m1/s1. The van der Waals surface area contributed by atoms with E-state index in [-0.39, 0.29) is 63.8 Å². The number of aliphatic carboxylic acids is 1. The third-order valence-corrected chi connectivity index (χ3v) is 18.1. The number of carboxylic acid groups (broad SMARTS) is 1. The van der Waals surface area contributed by atoms with Crippen LogP contribution in [0.3, 0.4) is 0 Å². The van der Waals surface area contributed by atoms with Gasteiger partial charge in [0.15, 0.2) is 6.29 Å². The second-order valence-corrected chi connectivity index (χ2v) is 21.5. The largest absolute Gasteiger partial charge is 0.480 e. The quantitative estimate of drug-likeness (QED) is 0.350. The molecule has 8 fully saturated rings. The summed E-state index contributed by atoms with van der Waals surface area (Å²) in [7, 11) is -3.74. The van der Waals surface area contributed by atoms with Crippen LogP contribution in [-0.2, 0) is 33.8 Å². The number of hydrogen-bond acceptors (Lipinski definition) is 8. The number of aliphatic hydroxyl groups is 1. The van der Waals surface area contributed by atoms with Crippen LogP contribution in [0.2, 0.25) is 0 Å². The van der Waals surface area contributed by atoms with Crippen molar-refractivity contribution in [2.75, 3.05) is 39.0 Å². The number of ether oxygens (including phenoxy) is 3. The highest BCUT2D eigenvalue weighted by atomic mass is 32.2. The van der Waals surface area contributed by atoms with E-state index in [2.05, 4.69) is 34.6 Å². The molecule has 0 unspecified atom stereocenters. The number of sulfonamides is 1. The molecule has 0 bridgehead atoms. The molecule has 6 aliphatic carbocycles. The average Bonchev–Trinajstić information content (AvgIpc) is 3.97. The zero-order chi connectivity index (χ0) is 36.5. The van der Waals surface area contributed by atoms with E-state index in [1.54, 1.807) is 0 Å². The lowest BCUT2D eigenvalue weighted by molar-refractivity contribution is -0.248. The second kappa shape index (κ2) is 12.1. The summed E-state index contributed by atoms with van der Waals surface area (Å²) in [6.07, 6.45) is 10.5. The van der Waals surface area contributed by atoms with Crippen molar-refractivity contribution in [2.45, 2.75) is 136 Å². The molecule has 2 aliphatic heterocycles. The third kappa shape index (κ3) is 5.44. The molecule has 11 nitrogen and oxygen atoms in total. The van der Waals surface area contributed by atoms with Crippen molar-refractivity contribution in [2.24, 2.45) is 56.7 Å². The molecule has 2 saturated heterocycles. The summed E-state index contributed by atoms with van der Waals surface area (Å²) in [5.74, 6) is 0.855. The molecule has 6 saturated carbocycles. The highest BCUT2D eigenvalue weighted by Crippen LogP contribution is 2.89. The zero-order valence-electron chi connectivity index (χ0n) is 31.6. The van der Waals surface area contributed by atoms with Gasteiger partial charge in [-0.25, -0.2) is 8.42 Å². The van der Waals surface area contributed by atoms with Crippen LogP contribution in [0.15, 0.2) is 0 Å². The number of hydrogen-bond donors (Lipinski definition) is 2. The molecule has 0 radical (unpaired) electrons. The van der Waals surface area contributed by atoms with E-state index in [0.717, 1.165) is 49.1 Å². The monoisotopic (exact) mass is 734 g/mol. The molecule has 288 valence electrons. The van der Waals surface area contributed by atoms with E-state index in [1.807, 2.05) is 4.90 Å². The summed E-state index contributed by atoms with van der Waals surface area (Å²) in [6, 6.07) is 0. The van der Waals surface area contributed by atoms with E-state index in [9.17, 15) is 28.2 Å². The first-order valence-corrected chi connectivity index (χ1v) is 21.8. The van der Waals surface area contributed by atoms with Crippen molar-refractivity contribution in [3.05, 3.63) is 0 Å². The summed E-state index contributed by atoms with van der Waals surface area (Å²) < 4.78 is 45.7. The van der Waals surface area contributed by atoms with Gasteiger partial charge in [-0.1, -0.05) is 34.6 Å². The number of carbonyl (C=O) groups is 2. The van der Waals surface area contributed by atoms with E-state index < -0.39 is 40.8 Å². The molecule has 51 heavy (non-hydrogen) atoms.